The van der Waals surface area contributed by atoms with Crippen molar-refractivity contribution >= 4 is 23.3 Å². The van der Waals surface area contributed by atoms with Crippen LogP contribution < -0.4 is 21.7 Å². The van der Waals surface area contributed by atoms with E-state index in [-0.39, 0.29) is 30.4 Å². The van der Waals surface area contributed by atoms with Crippen molar-refractivity contribution in [3.63, 3.8) is 0 Å². The van der Waals surface area contributed by atoms with Gasteiger partial charge in [0.2, 0.25) is 5.91 Å². The number of aryl methyl sites for hydroxylation is 2. The fourth-order valence-electron chi connectivity index (χ4n) is 5.50. The maximum Gasteiger partial charge on any atom is 0.253 e. The number of aromatic nitrogens is 3. The van der Waals surface area contributed by atoms with E-state index in [4.69, 9.17) is 21.5 Å². The predicted octanol–water partition coefficient (Wildman–Crippen LogP) is 1.01. The van der Waals surface area contributed by atoms with Crippen molar-refractivity contribution in [3.8, 4) is 0 Å². The van der Waals surface area contributed by atoms with E-state index < -0.39 is 5.54 Å². The van der Waals surface area contributed by atoms with Crippen molar-refractivity contribution < 1.29 is 9.59 Å². The van der Waals surface area contributed by atoms with Gasteiger partial charge in [0.1, 0.15) is 11.4 Å². The summed E-state index contributed by atoms with van der Waals surface area (Å²) >= 11 is 0. The number of likely N-dealkylation sites (N-methyl/N-ethyl adjacent to an activating group) is 1. The lowest BCUT2D eigenvalue weighted by molar-refractivity contribution is -0.142. The van der Waals surface area contributed by atoms with Crippen LogP contribution in [0, 0.1) is 6.92 Å². The molecular weight excluding hydrogens is 456 g/mol. The molecule has 5 N–H and O–H groups in total. The lowest BCUT2D eigenvalue weighted by Crippen LogP contribution is -2.57. The van der Waals surface area contributed by atoms with Gasteiger partial charge in [-0.1, -0.05) is 24.3 Å². The number of nitrogens with zero attached hydrogens (tertiary/aromatic N) is 5. The third kappa shape index (κ3) is 4.00. The van der Waals surface area contributed by atoms with Gasteiger partial charge in [-0.3, -0.25) is 9.59 Å². The van der Waals surface area contributed by atoms with Gasteiger partial charge in [-0.25, -0.2) is 9.50 Å². The van der Waals surface area contributed by atoms with E-state index in [9.17, 15) is 9.59 Å². The van der Waals surface area contributed by atoms with Crippen LogP contribution in [0.1, 0.15) is 48.2 Å². The van der Waals surface area contributed by atoms with E-state index in [1.807, 2.05) is 50.4 Å². The number of nitrogens with two attached hydrogens (primary N) is 2. The molecule has 1 saturated heterocycles. The van der Waals surface area contributed by atoms with Crippen LogP contribution in [-0.2, 0) is 21.5 Å². The molecular formula is C26H34N8O2. The lowest BCUT2D eigenvalue weighted by atomic mass is 9.89. The van der Waals surface area contributed by atoms with Gasteiger partial charge >= 0.3 is 0 Å². The second-order valence-corrected chi connectivity index (χ2v) is 10.0. The number of carbonyl (C=O) groups excluding carboxylic acids is 2. The number of rotatable bonds is 6. The summed E-state index contributed by atoms with van der Waals surface area (Å²) in [4.78, 5) is 35.2. The number of fused-ring (bicyclic) bond motifs is 2. The van der Waals surface area contributed by atoms with E-state index in [0.717, 1.165) is 53.4 Å². The molecule has 36 heavy (non-hydrogen) atoms. The van der Waals surface area contributed by atoms with Crippen molar-refractivity contribution in [2.45, 2.75) is 50.7 Å². The molecule has 10 nitrogen and oxygen atoms in total. The average Bonchev–Trinajstić information content (AvgIpc) is 3.59. The number of hydrogen-bond donors (Lipinski definition) is 3. The monoisotopic (exact) mass is 490 g/mol. The average molecular weight is 491 g/mol. The molecule has 0 saturated carbocycles. The van der Waals surface area contributed by atoms with Gasteiger partial charge in [0.05, 0.1) is 18.3 Å². The van der Waals surface area contributed by atoms with E-state index in [0.29, 0.717) is 12.8 Å². The molecule has 5 rings (SSSR count). The Morgan fingerprint density at radius 1 is 1.33 bits per heavy atom. The molecule has 10 heteroatoms. The van der Waals surface area contributed by atoms with Crippen LogP contribution in [0.2, 0.25) is 0 Å². The SMILES string of the molecule is Cc1cn2nc([C@H](C)N(C)C(=O)C3(NC(=O)CN)CCc4ccccc43)cc2nc1N1CC[C@H](N)C1. The van der Waals surface area contributed by atoms with Crippen LogP contribution in [0.4, 0.5) is 5.82 Å². The summed E-state index contributed by atoms with van der Waals surface area (Å²) in [6.07, 6.45) is 4.11. The minimum Gasteiger partial charge on any atom is -0.355 e. The van der Waals surface area contributed by atoms with Gasteiger partial charge in [0, 0.05) is 44.0 Å². The number of nitrogens with one attached hydrogen (secondary N) is 1. The third-order valence-corrected chi connectivity index (χ3v) is 7.63. The zero-order chi connectivity index (χ0) is 25.6. The molecule has 1 aliphatic heterocycles. The van der Waals surface area contributed by atoms with Gasteiger partial charge in [0.15, 0.2) is 5.65 Å². The van der Waals surface area contributed by atoms with Crippen LogP contribution >= 0.6 is 0 Å². The minimum absolute atomic E-state index is 0.162. The first-order valence-electron chi connectivity index (χ1n) is 12.5. The Balaban J connectivity index is 1.45. The number of hydrogen-bond acceptors (Lipinski definition) is 7. The Morgan fingerprint density at radius 3 is 2.83 bits per heavy atom. The molecule has 1 aromatic carbocycles. The molecule has 0 spiro atoms. The molecule has 1 fully saturated rings. The van der Waals surface area contributed by atoms with Crippen LogP contribution in [0.15, 0.2) is 36.5 Å². The van der Waals surface area contributed by atoms with Crippen molar-refractivity contribution in [2.75, 3.05) is 31.6 Å². The minimum atomic E-state index is -1.15. The second-order valence-electron chi connectivity index (χ2n) is 10.0. The Bertz CT molecular complexity index is 1320. The summed E-state index contributed by atoms with van der Waals surface area (Å²) in [7, 11) is 1.75. The highest BCUT2D eigenvalue weighted by molar-refractivity contribution is 5.94. The van der Waals surface area contributed by atoms with Crippen LogP contribution in [0.5, 0.6) is 0 Å². The Morgan fingerprint density at radius 2 is 2.11 bits per heavy atom. The molecule has 190 valence electrons. The van der Waals surface area contributed by atoms with Gasteiger partial charge in [-0.2, -0.15) is 5.10 Å². The smallest absolute Gasteiger partial charge is 0.253 e. The highest BCUT2D eigenvalue weighted by atomic mass is 16.2. The fraction of sp³-hybridized carbons (Fsp3) is 0.462. The Labute approximate surface area is 210 Å². The second kappa shape index (κ2) is 9.18. The summed E-state index contributed by atoms with van der Waals surface area (Å²) in [6.45, 7) is 5.45. The van der Waals surface area contributed by atoms with Crippen LogP contribution in [0.3, 0.4) is 0 Å². The number of amides is 2. The fourth-order valence-corrected chi connectivity index (χ4v) is 5.50. The van der Waals surface area contributed by atoms with Crippen LogP contribution in [-0.4, -0.2) is 64.0 Å². The first-order valence-corrected chi connectivity index (χ1v) is 12.5. The highest BCUT2D eigenvalue weighted by Crippen LogP contribution is 2.39. The molecule has 2 aliphatic rings. The van der Waals surface area contributed by atoms with E-state index in [1.165, 1.54) is 0 Å². The van der Waals surface area contributed by atoms with Gasteiger partial charge in [0.25, 0.3) is 5.91 Å². The molecule has 2 aromatic heterocycles. The third-order valence-electron chi connectivity index (χ3n) is 7.63. The van der Waals surface area contributed by atoms with E-state index in [1.54, 1.807) is 16.5 Å². The first kappa shape index (κ1) is 24.2. The molecule has 0 radical (unpaired) electrons. The topological polar surface area (TPSA) is 135 Å². The highest BCUT2D eigenvalue weighted by Gasteiger charge is 2.48. The molecule has 0 bridgehead atoms. The Hall–Kier alpha value is -3.50. The molecule has 2 amide bonds. The molecule has 3 aromatic rings. The summed E-state index contributed by atoms with van der Waals surface area (Å²) in [5, 5.41) is 7.69. The Kier molecular flexibility index (Phi) is 6.17. The van der Waals surface area contributed by atoms with Crippen molar-refractivity contribution in [1.29, 1.82) is 0 Å². The van der Waals surface area contributed by atoms with Gasteiger partial charge in [-0.15, -0.1) is 0 Å². The van der Waals surface area contributed by atoms with Gasteiger partial charge in [-0.05, 0) is 44.2 Å². The predicted molar refractivity (Wildman–Crippen MR) is 137 cm³/mol. The summed E-state index contributed by atoms with van der Waals surface area (Å²) in [5.74, 6) is 0.377. The molecule has 3 heterocycles. The zero-order valence-electron chi connectivity index (χ0n) is 21.1. The normalized spacial score (nSPS) is 22.0. The summed E-state index contributed by atoms with van der Waals surface area (Å²) in [5.41, 5.74) is 14.9. The lowest BCUT2D eigenvalue weighted by Gasteiger charge is -2.36. The van der Waals surface area contributed by atoms with Crippen molar-refractivity contribution in [2.24, 2.45) is 11.5 Å². The van der Waals surface area contributed by atoms with Gasteiger partial charge < -0.3 is 26.6 Å². The van der Waals surface area contributed by atoms with E-state index >= 15 is 0 Å². The van der Waals surface area contributed by atoms with Crippen molar-refractivity contribution in [1.82, 2.24) is 24.8 Å². The number of carbonyl (C=O) groups is 2. The molecule has 1 unspecified atom stereocenters. The molecule has 3 atom stereocenters. The molecule has 1 aliphatic carbocycles. The van der Waals surface area contributed by atoms with Crippen LogP contribution in [0.25, 0.3) is 5.65 Å². The maximum absolute atomic E-state index is 14.0. The summed E-state index contributed by atoms with van der Waals surface area (Å²) < 4.78 is 1.76. The maximum atomic E-state index is 14.0. The largest absolute Gasteiger partial charge is 0.355 e. The quantitative estimate of drug-likeness (QED) is 0.469. The summed E-state index contributed by atoms with van der Waals surface area (Å²) in [6, 6.07) is 9.50. The van der Waals surface area contributed by atoms with E-state index in [2.05, 4.69) is 10.2 Å². The standard InChI is InChI=1S/C26H34N8O2/c1-16-14-34-22(29-24(16)33-11-9-19(28)15-33)12-21(31-34)17(2)32(3)25(36)26(30-23(35)13-27)10-8-18-6-4-5-7-20(18)26/h4-7,12,14,17,19H,8-11,13,15,27-28H2,1-3H3,(H,30,35)/t17-,19-,26?/m0/s1. The van der Waals surface area contributed by atoms with Crippen molar-refractivity contribution in [3.05, 3.63) is 58.9 Å². The number of benzene rings is 1. The first-order chi connectivity index (χ1) is 17.2. The zero-order valence-corrected chi connectivity index (χ0v) is 21.1. The number of anilines is 1.